The number of nitrogens with zero attached hydrogens (tertiary/aromatic N) is 2. The van der Waals surface area contributed by atoms with Crippen LogP contribution in [0.25, 0.3) is 17.2 Å². The Morgan fingerprint density at radius 1 is 1.05 bits per heavy atom. The van der Waals surface area contributed by atoms with Gasteiger partial charge in [0.05, 0.1) is 12.7 Å². The fourth-order valence-corrected chi connectivity index (χ4v) is 4.85. The number of ketones is 1. The van der Waals surface area contributed by atoms with Crippen molar-refractivity contribution < 1.29 is 22.7 Å². The number of methoxy groups -OCH3 is 1. The van der Waals surface area contributed by atoms with Crippen LogP contribution in [0.5, 0.6) is 5.75 Å². The lowest BCUT2D eigenvalue weighted by atomic mass is 10.0. The van der Waals surface area contributed by atoms with Gasteiger partial charge in [0.1, 0.15) is 22.5 Å². The molecule has 0 aliphatic heterocycles. The number of allylic oxidation sites excluding steroid dienone is 1. The van der Waals surface area contributed by atoms with Gasteiger partial charge in [-0.3, -0.25) is 4.79 Å². The highest BCUT2D eigenvalue weighted by Crippen LogP contribution is 2.38. The van der Waals surface area contributed by atoms with Crippen LogP contribution in [0.2, 0.25) is 0 Å². The van der Waals surface area contributed by atoms with Crippen molar-refractivity contribution in [3.8, 4) is 22.9 Å². The standard InChI is InChI=1S/C31H23F3N2O2S/c1-20-8-12-23(13-9-20)27(37)14-10-21-11-15-28(38-2)24(16-21)19-39-30-26(18-35)25(22-6-4-3-5-7-22)17-29(36-30)31(32,33)34/h3-17H,19H2,1-2H3/b14-10+. The normalized spacial score (nSPS) is 11.4. The lowest BCUT2D eigenvalue weighted by Crippen LogP contribution is -2.10. The van der Waals surface area contributed by atoms with Crippen molar-refractivity contribution in [1.29, 1.82) is 5.26 Å². The highest BCUT2D eigenvalue weighted by Gasteiger charge is 2.34. The minimum Gasteiger partial charge on any atom is -0.496 e. The maximum Gasteiger partial charge on any atom is 0.433 e. The minimum atomic E-state index is -4.68. The van der Waals surface area contributed by atoms with Gasteiger partial charge in [0.25, 0.3) is 0 Å². The van der Waals surface area contributed by atoms with Crippen molar-refractivity contribution in [2.45, 2.75) is 23.9 Å². The predicted molar refractivity (Wildman–Crippen MR) is 146 cm³/mol. The Bertz CT molecular complexity index is 1560. The predicted octanol–water partition coefficient (Wildman–Crippen LogP) is 8.14. The first-order valence-electron chi connectivity index (χ1n) is 11.9. The summed E-state index contributed by atoms with van der Waals surface area (Å²) in [5.74, 6) is 0.564. The molecule has 196 valence electrons. The highest BCUT2D eigenvalue weighted by atomic mass is 32.2. The van der Waals surface area contributed by atoms with Gasteiger partial charge in [-0.25, -0.2) is 4.98 Å². The van der Waals surface area contributed by atoms with E-state index in [9.17, 15) is 23.2 Å². The average molecular weight is 545 g/mol. The van der Waals surface area contributed by atoms with Crippen molar-refractivity contribution in [3.05, 3.63) is 118 Å². The first-order chi connectivity index (χ1) is 18.7. The van der Waals surface area contributed by atoms with Crippen molar-refractivity contribution in [3.63, 3.8) is 0 Å². The first kappa shape index (κ1) is 27.7. The Balaban J connectivity index is 1.65. The van der Waals surface area contributed by atoms with E-state index in [1.54, 1.807) is 66.7 Å². The Hall–Kier alpha value is -4.35. The second-order valence-corrected chi connectivity index (χ2v) is 9.60. The number of carbonyl (C=O) groups excluding carboxylic acids is 1. The molecule has 3 aromatic carbocycles. The van der Waals surface area contributed by atoms with Gasteiger partial charge in [0.2, 0.25) is 0 Å². The van der Waals surface area contributed by atoms with Gasteiger partial charge < -0.3 is 4.74 Å². The topological polar surface area (TPSA) is 63.0 Å². The highest BCUT2D eigenvalue weighted by molar-refractivity contribution is 7.98. The third kappa shape index (κ3) is 6.75. The molecular formula is C31H23F3N2O2S. The zero-order valence-electron chi connectivity index (χ0n) is 21.1. The monoisotopic (exact) mass is 544 g/mol. The number of aromatic nitrogens is 1. The summed E-state index contributed by atoms with van der Waals surface area (Å²) in [5, 5.41) is 9.85. The van der Waals surface area contributed by atoms with Crippen LogP contribution in [0.3, 0.4) is 0 Å². The number of benzene rings is 3. The molecule has 0 saturated heterocycles. The fraction of sp³-hybridized carbons (Fsp3) is 0.129. The van der Waals surface area contributed by atoms with Gasteiger partial charge in [0.15, 0.2) is 5.78 Å². The number of ether oxygens (including phenoxy) is 1. The first-order valence-corrected chi connectivity index (χ1v) is 12.8. The summed E-state index contributed by atoms with van der Waals surface area (Å²) in [7, 11) is 1.50. The van der Waals surface area contributed by atoms with Crippen molar-refractivity contribution in [1.82, 2.24) is 4.98 Å². The maximum absolute atomic E-state index is 13.7. The number of pyridine rings is 1. The molecule has 0 amide bonds. The summed E-state index contributed by atoms with van der Waals surface area (Å²) < 4.78 is 46.6. The third-order valence-corrected chi connectivity index (χ3v) is 6.93. The molecule has 0 aliphatic carbocycles. The molecule has 0 radical (unpaired) electrons. The molecule has 0 aliphatic rings. The van der Waals surface area contributed by atoms with Crippen LogP contribution in [0.1, 0.15) is 38.3 Å². The van der Waals surface area contributed by atoms with E-state index in [4.69, 9.17) is 4.74 Å². The molecule has 1 aromatic heterocycles. The Kier molecular flexibility index (Phi) is 8.52. The molecule has 1 heterocycles. The van der Waals surface area contributed by atoms with Crippen molar-refractivity contribution in [2.75, 3.05) is 7.11 Å². The number of nitriles is 1. The van der Waals surface area contributed by atoms with Gasteiger partial charge in [-0.1, -0.05) is 72.3 Å². The molecule has 0 saturated carbocycles. The molecule has 4 rings (SSSR count). The molecule has 4 nitrogen and oxygen atoms in total. The number of alkyl halides is 3. The minimum absolute atomic E-state index is 0.0243. The van der Waals surface area contributed by atoms with E-state index < -0.39 is 11.9 Å². The van der Waals surface area contributed by atoms with Crippen LogP contribution in [-0.2, 0) is 11.9 Å². The molecule has 0 N–H and O–H groups in total. The summed E-state index contributed by atoms with van der Waals surface area (Å²) in [4.78, 5) is 16.3. The average Bonchev–Trinajstić information content (AvgIpc) is 2.94. The number of thioether (sulfide) groups is 1. The van der Waals surface area contributed by atoms with Gasteiger partial charge in [0, 0.05) is 22.4 Å². The van der Waals surface area contributed by atoms with E-state index in [1.807, 2.05) is 25.1 Å². The largest absolute Gasteiger partial charge is 0.496 e. The summed E-state index contributed by atoms with van der Waals surface area (Å²) >= 11 is 1.02. The number of aryl methyl sites for hydroxylation is 1. The molecule has 0 bridgehead atoms. The van der Waals surface area contributed by atoms with Crippen LogP contribution >= 0.6 is 11.8 Å². The molecule has 4 aromatic rings. The number of carbonyl (C=O) groups is 1. The smallest absolute Gasteiger partial charge is 0.433 e. The van der Waals surface area contributed by atoms with Crippen LogP contribution < -0.4 is 4.74 Å². The van der Waals surface area contributed by atoms with Gasteiger partial charge in [-0.2, -0.15) is 18.4 Å². The van der Waals surface area contributed by atoms with E-state index in [2.05, 4.69) is 4.98 Å². The number of hydrogen-bond acceptors (Lipinski definition) is 5. The van der Waals surface area contributed by atoms with E-state index in [0.29, 0.717) is 28.0 Å². The number of halogens is 3. The lowest BCUT2D eigenvalue weighted by molar-refractivity contribution is -0.141. The van der Waals surface area contributed by atoms with Crippen LogP contribution in [0.15, 0.2) is 90.0 Å². The summed E-state index contributed by atoms with van der Waals surface area (Å²) in [5.41, 5.74) is 2.67. The number of hydrogen-bond donors (Lipinski definition) is 0. The van der Waals surface area contributed by atoms with E-state index in [0.717, 1.165) is 23.4 Å². The van der Waals surface area contributed by atoms with Gasteiger partial charge >= 0.3 is 6.18 Å². The zero-order valence-corrected chi connectivity index (χ0v) is 21.9. The second kappa shape index (κ2) is 12.0. The summed E-state index contributed by atoms with van der Waals surface area (Å²) in [6, 6.07) is 24.0. The van der Waals surface area contributed by atoms with Crippen LogP contribution in [0.4, 0.5) is 13.2 Å². The molecule has 0 atom stereocenters. The Labute approximate surface area is 228 Å². The summed E-state index contributed by atoms with van der Waals surface area (Å²) in [6.07, 6.45) is -1.54. The van der Waals surface area contributed by atoms with E-state index in [-0.39, 0.29) is 27.7 Å². The SMILES string of the molecule is COc1ccc(/C=C/C(=O)c2ccc(C)cc2)cc1CSc1nc(C(F)(F)F)cc(-c2ccccc2)c1C#N. The van der Waals surface area contributed by atoms with Gasteiger partial charge in [-0.15, -0.1) is 11.8 Å². The van der Waals surface area contributed by atoms with E-state index >= 15 is 0 Å². The molecule has 0 unspecified atom stereocenters. The molecule has 39 heavy (non-hydrogen) atoms. The van der Waals surface area contributed by atoms with Crippen LogP contribution in [-0.4, -0.2) is 17.9 Å². The molecule has 8 heteroatoms. The van der Waals surface area contributed by atoms with Gasteiger partial charge in [-0.05, 0) is 42.3 Å². The molecule has 0 spiro atoms. The maximum atomic E-state index is 13.7. The quantitative estimate of drug-likeness (QED) is 0.127. The molecular weight excluding hydrogens is 521 g/mol. The van der Waals surface area contributed by atoms with E-state index in [1.165, 1.54) is 13.2 Å². The number of rotatable bonds is 8. The lowest BCUT2D eigenvalue weighted by Gasteiger charge is -2.15. The van der Waals surface area contributed by atoms with Crippen molar-refractivity contribution >= 4 is 23.6 Å². The Morgan fingerprint density at radius 3 is 2.41 bits per heavy atom. The molecule has 0 fully saturated rings. The fourth-order valence-electron chi connectivity index (χ4n) is 3.87. The third-order valence-electron chi connectivity index (χ3n) is 5.91. The zero-order chi connectivity index (χ0) is 28.0. The Morgan fingerprint density at radius 2 is 1.77 bits per heavy atom. The second-order valence-electron chi connectivity index (χ2n) is 8.63. The summed E-state index contributed by atoms with van der Waals surface area (Å²) in [6.45, 7) is 1.94. The van der Waals surface area contributed by atoms with Crippen LogP contribution in [0, 0.1) is 18.3 Å². The van der Waals surface area contributed by atoms with Crippen molar-refractivity contribution in [2.24, 2.45) is 0 Å².